The predicted molar refractivity (Wildman–Crippen MR) is 126 cm³/mol. The van der Waals surface area contributed by atoms with Gasteiger partial charge in [-0.3, -0.25) is 9.36 Å². The molecule has 160 valence electrons. The first kappa shape index (κ1) is 21.5. The molecule has 1 N–H and O–H groups in total. The maximum Gasteiger partial charge on any atom is 0.308 e. The maximum atomic E-state index is 12.9. The molecule has 1 heterocycles. The molecule has 4 rings (SSSR count). The van der Waals surface area contributed by atoms with Crippen LogP contribution in [0.15, 0.2) is 88.6 Å². The molecule has 1 unspecified atom stereocenters. The smallest absolute Gasteiger partial charge is 0.294 e. The Morgan fingerprint density at radius 2 is 1.58 bits per heavy atom. The third kappa shape index (κ3) is 5.12. The fourth-order valence-electron chi connectivity index (χ4n) is 3.55. The van der Waals surface area contributed by atoms with Crippen LogP contribution in [0.3, 0.4) is 0 Å². The fraction of sp³-hybridized carbons (Fsp3) is 0.208. The summed E-state index contributed by atoms with van der Waals surface area (Å²) in [7, 11) is -3.67. The van der Waals surface area contributed by atoms with E-state index in [0.717, 1.165) is 28.8 Å². The molecule has 0 saturated heterocycles. The van der Waals surface area contributed by atoms with E-state index >= 15 is 0 Å². The highest BCUT2D eigenvalue weighted by Crippen LogP contribution is 2.23. The molecule has 1 atom stereocenters. The summed E-state index contributed by atoms with van der Waals surface area (Å²) < 4.78 is 30.9. The number of rotatable bonds is 8. The van der Waals surface area contributed by atoms with Crippen molar-refractivity contribution < 1.29 is 8.42 Å². The van der Waals surface area contributed by atoms with Gasteiger partial charge >= 0.3 is 4.87 Å². The van der Waals surface area contributed by atoms with Crippen LogP contribution >= 0.6 is 11.3 Å². The molecule has 0 saturated carbocycles. The number of aryl methyl sites for hydroxylation is 1. The normalized spacial score (nSPS) is 12.8. The van der Waals surface area contributed by atoms with Gasteiger partial charge in [-0.2, -0.15) is 0 Å². The molecule has 31 heavy (non-hydrogen) atoms. The maximum absolute atomic E-state index is 12.9. The summed E-state index contributed by atoms with van der Waals surface area (Å²) >= 11 is 1.07. The molecule has 3 aromatic carbocycles. The third-order valence-corrected chi connectivity index (χ3v) is 7.73. The number of nitrogens with zero attached hydrogens (tertiary/aromatic N) is 1. The van der Waals surface area contributed by atoms with Gasteiger partial charge in [0.05, 0.1) is 21.7 Å². The first-order chi connectivity index (χ1) is 14.9. The monoisotopic (exact) mass is 452 g/mol. The number of hydrogen-bond acceptors (Lipinski definition) is 4. The molecule has 0 bridgehead atoms. The van der Waals surface area contributed by atoms with Crippen LogP contribution in [-0.2, 0) is 23.0 Å². The summed E-state index contributed by atoms with van der Waals surface area (Å²) in [5.74, 6) is 0. The Labute approximate surface area is 186 Å². The summed E-state index contributed by atoms with van der Waals surface area (Å²) in [5, 5.41) is 0. The lowest BCUT2D eigenvalue weighted by Crippen LogP contribution is -2.32. The van der Waals surface area contributed by atoms with E-state index in [0.29, 0.717) is 17.7 Å². The lowest BCUT2D eigenvalue weighted by atomic mass is 10.1. The van der Waals surface area contributed by atoms with Crippen molar-refractivity contribution in [2.24, 2.45) is 0 Å². The first-order valence-electron chi connectivity index (χ1n) is 10.2. The van der Waals surface area contributed by atoms with Crippen LogP contribution in [0.2, 0.25) is 0 Å². The second-order valence-corrected chi connectivity index (χ2v) is 10.3. The zero-order chi connectivity index (χ0) is 21.8. The Morgan fingerprint density at radius 3 is 2.26 bits per heavy atom. The third-order valence-electron chi connectivity index (χ3n) is 5.20. The Bertz CT molecular complexity index is 1330. The number of nitrogens with one attached hydrogen (secondary N) is 1. The van der Waals surface area contributed by atoms with Crippen LogP contribution in [0.4, 0.5) is 0 Å². The number of hydrogen-bond donors (Lipinski definition) is 1. The van der Waals surface area contributed by atoms with Crippen molar-refractivity contribution in [1.82, 2.24) is 9.29 Å². The average molecular weight is 453 g/mol. The molecule has 0 aliphatic heterocycles. The molecule has 0 aliphatic carbocycles. The second-order valence-electron chi connectivity index (χ2n) is 7.62. The van der Waals surface area contributed by atoms with E-state index < -0.39 is 10.0 Å². The average Bonchev–Trinajstić information content (AvgIpc) is 3.08. The van der Waals surface area contributed by atoms with Gasteiger partial charge in [-0.05, 0) is 49.1 Å². The van der Waals surface area contributed by atoms with E-state index in [4.69, 9.17) is 0 Å². The topological polar surface area (TPSA) is 68.2 Å². The molecule has 7 heteroatoms. The highest BCUT2D eigenvalue weighted by atomic mass is 32.2. The van der Waals surface area contributed by atoms with Gasteiger partial charge in [-0.25, -0.2) is 13.1 Å². The highest BCUT2D eigenvalue weighted by molar-refractivity contribution is 7.89. The Hall–Kier alpha value is -2.74. The number of sulfonamides is 1. The van der Waals surface area contributed by atoms with E-state index in [9.17, 15) is 13.2 Å². The minimum atomic E-state index is -3.67. The molecule has 0 fully saturated rings. The van der Waals surface area contributed by atoms with E-state index in [1.54, 1.807) is 22.8 Å². The summed E-state index contributed by atoms with van der Waals surface area (Å²) in [6, 6.07) is 24.4. The van der Waals surface area contributed by atoms with Crippen LogP contribution in [0, 0.1) is 0 Å². The van der Waals surface area contributed by atoms with Crippen molar-refractivity contribution in [3.05, 3.63) is 99.7 Å². The minimum Gasteiger partial charge on any atom is -0.294 e. The zero-order valence-corrected chi connectivity index (χ0v) is 18.8. The molecule has 4 aromatic rings. The molecule has 0 spiro atoms. The molecular weight excluding hydrogens is 428 g/mol. The lowest BCUT2D eigenvalue weighted by Gasteiger charge is -2.14. The van der Waals surface area contributed by atoms with Gasteiger partial charge in [0, 0.05) is 6.04 Å². The molecular formula is C24H24N2O3S2. The Morgan fingerprint density at radius 1 is 0.935 bits per heavy atom. The van der Waals surface area contributed by atoms with E-state index in [1.807, 2.05) is 67.6 Å². The van der Waals surface area contributed by atoms with Gasteiger partial charge < -0.3 is 0 Å². The molecule has 0 amide bonds. The quantitative estimate of drug-likeness (QED) is 0.431. The Kier molecular flexibility index (Phi) is 6.36. The van der Waals surface area contributed by atoms with Gasteiger partial charge in [-0.15, -0.1) is 0 Å². The second kappa shape index (κ2) is 9.18. The molecule has 0 radical (unpaired) electrons. The zero-order valence-electron chi connectivity index (χ0n) is 17.2. The van der Waals surface area contributed by atoms with Crippen molar-refractivity contribution in [2.75, 3.05) is 0 Å². The van der Waals surface area contributed by atoms with Crippen LogP contribution < -0.4 is 9.60 Å². The van der Waals surface area contributed by atoms with Gasteiger partial charge in [0.1, 0.15) is 0 Å². The SMILES string of the molecule is CC(CCc1ccccc1)NS(=O)(=O)c1ccc2c(c1)sc(=O)n2Cc1ccccc1. The summed E-state index contributed by atoms with van der Waals surface area (Å²) in [4.78, 5) is 12.6. The van der Waals surface area contributed by atoms with Crippen LogP contribution in [0.25, 0.3) is 10.2 Å². The summed E-state index contributed by atoms with van der Waals surface area (Å²) in [5.41, 5.74) is 2.95. The van der Waals surface area contributed by atoms with Gasteiger partial charge in [0.15, 0.2) is 0 Å². The van der Waals surface area contributed by atoms with Crippen molar-refractivity contribution in [1.29, 1.82) is 0 Å². The first-order valence-corrected chi connectivity index (χ1v) is 12.5. The number of thiazole rings is 1. The van der Waals surface area contributed by atoms with Crippen LogP contribution in [0.1, 0.15) is 24.5 Å². The van der Waals surface area contributed by atoms with Crippen LogP contribution in [0.5, 0.6) is 0 Å². The van der Waals surface area contributed by atoms with E-state index in [1.165, 1.54) is 5.56 Å². The highest BCUT2D eigenvalue weighted by Gasteiger charge is 2.19. The van der Waals surface area contributed by atoms with Gasteiger partial charge in [-0.1, -0.05) is 72.0 Å². The van der Waals surface area contributed by atoms with E-state index in [-0.39, 0.29) is 15.8 Å². The van der Waals surface area contributed by atoms with Gasteiger partial charge in [0.25, 0.3) is 0 Å². The number of fused-ring (bicyclic) bond motifs is 1. The fourth-order valence-corrected chi connectivity index (χ4v) is 5.86. The van der Waals surface area contributed by atoms with Crippen LogP contribution in [-0.4, -0.2) is 19.0 Å². The van der Waals surface area contributed by atoms with Crippen molar-refractivity contribution in [2.45, 2.75) is 37.2 Å². The van der Waals surface area contributed by atoms with Crippen molar-refractivity contribution >= 4 is 31.6 Å². The standard InChI is InChI=1S/C24H24N2O3S2/c1-18(12-13-19-8-4-2-5-9-19)25-31(28,29)21-14-15-22-23(16-21)30-24(27)26(22)17-20-10-6-3-7-11-20/h2-11,14-16,18,25H,12-13,17H2,1H3. The predicted octanol–water partition coefficient (Wildman–Crippen LogP) is 4.41. The molecule has 5 nitrogen and oxygen atoms in total. The largest absolute Gasteiger partial charge is 0.308 e. The van der Waals surface area contributed by atoms with E-state index in [2.05, 4.69) is 4.72 Å². The minimum absolute atomic E-state index is 0.0995. The van der Waals surface area contributed by atoms with Gasteiger partial charge in [0.2, 0.25) is 10.0 Å². The summed E-state index contributed by atoms with van der Waals surface area (Å²) in [6.45, 7) is 2.33. The number of aromatic nitrogens is 1. The Balaban J connectivity index is 1.51. The lowest BCUT2D eigenvalue weighted by molar-refractivity contribution is 0.547. The van der Waals surface area contributed by atoms with Crippen molar-refractivity contribution in [3.63, 3.8) is 0 Å². The van der Waals surface area contributed by atoms with Crippen molar-refractivity contribution in [3.8, 4) is 0 Å². The molecule has 1 aromatic heterocycles. The molecule has 0 aliphatic rings. The summed E-state index contributed by atoms with van der Waals surface area (Å²) in [6.07, 6.45) is 1.50. The number of benzene rings is 3.